The molecule has 2 unspecified atom stereocenters. The summed E-state index contributed by atoms with van der Waals surface area (Å²) in [6.07, 6.45) is -14.9. The summed E-state index contributed by atoms with van der Waals surface area (Å²) in [6, 6.07) is -0.356. The lowest BCUT2D eigenvalue weighted by Gasteiger charge is -2.40. The van der Waals surface area contributed by atoms with Gasteiger partial charge in [-0.25, -0.2) is 0 Å². The molecular formula is C11H14F6INO3. The molecule has 3 atom stereocenters. The molecule has 1 rings (SSSR count). The molecule has 130 valence electrons. The molecule has 0 saturated carbocycles. The van der Waals surface area contributed by atoms with Crippen molar-refractivity contribution in [3.8, 4) is 0 Å². The first-order chi connectivity index (χ1) is 9.73. The SMILES string of the molecule is CC(C)C(OC(=O)[C@@H](I)C1CN1)C(O)(C(F)(F)F)C(F)(F)F. The highest BCUT2D eigenvalue weighted by molar-refractivity contribution is 14.1. The van der Waals surface area contributed by atoms with Gasteiger partial charge < -0.3 is 15.2 Å². The number of esters is 1. The van der Waals surface area contributed by atoms with Gasteiger partial charge in [-0.05, 0) is 5.92 Å². The highest BCUT2D eigenvalue weighted by atomic mass is 127. The van der Waals surface area contributed by atoms with Gasteiger partial charge in [0.25, 0.3) is 5.60 Å². The Bertz CT molecular complexity index is 407. The van der Waals surface area contributed by atoms with Crippen LogP contribution >= 0.6 is 22.6 Å². The summed E-state index contributed by atoms with van der Waals surface area (Å²) in [4.78, 5) is 11.7. The summed E-state index contributed by atoms with van der Waals surface area (Å²) in [5.41, 5.74) is -5.13. The van der Waals surface area contributed by atoms with Crippen LogP contribution < -0.4 is 5.32 Å². The van der Waals surface area contributed by atoms with Crippen LogP contribution in [0.1, 0.15) is 13.8 Å². The molecule has 4 nitrogen and oxygen atoms in total. The number of carbonyl (C=O) groups is 1. The van der Waals surface area contributed by atoms with Gasteiger partial charge in [-0.3, -0.25) is 4.79 Å². The van der Waals surface area contributed by atoms with E-state index in [1.54, 1.807) is 22.6 Å². The van der Waals surface area contributed by atoms with Crippen LogP contribution in [0.4, 0.5) is 26.3 Å². The Labute approximate surface area is 135 Å². The molecular weight excluding hydrogens is 435 g/mol. The maximum absolute atomic E-state index is 12.9. The smallest absolute Gasteiger partial charge is 0.430 e. The van der Waals surface area contributed by atoms with Crippen LogP contribution in [0.2, 0.25) is 0 Å². The number of halogens is 7. The summed E-state index contributed by atoms with van der Waals surface area (Å²) in [5, 5.41) is 12.1. The molecule has 1 fully saturated rings. The predicted octanol–water partition coefficient (Wildman–Crippen LogP) is 2.19. The second-order valence-corrected chi connectivity index (χ2v) is 6.62. The Morgan fingerprint density at radius 2 is 1.64 bits per heavy atom. The molecule has 2 N–H and O–H groups in total. The van der Waals surface area contributed by atoms with Crippen molar-refractivity contribution in [2.75, 3.05) is 6.54 Å². The Hall–Kier alpha value is -0.300. The van der Waals surface area contributed by atoms with Crippen LogP contribution in [0, 0.1) is 5.92 Å². The maximum Gasteiger partial charge on any atom is 0.430 e. The van der Waals surface area contributed by atoms with Gasteiger partial charge >= 0.3 is 18.3 Å². The molecule has 0 aliphatic carbocycles. The minimum atomic E-state index is -6.04. The van der Waals surface area contributed by atoms with Crippen LogP contribution in [0.3, 0.4) is 0 Å². The number of ether oxygens (including phenoxy) is 1. The van der Waals surface area contributed by atoms with Crippen molar-refractivity contribution in [3.63, 3.8) is 0 Å². The Morgan fingerprint density at radius 3 is 1.91 bits per heavy atom. The van der Waals surface area contributed by atoms with Gasteiger partial charge in [-0.1, -0.05) is 36.4 Å². The lowest BCUT2D eigenvalue weighted by Crippen LogP contribution is -2.66. The first-order valence-electron chi connectivity index (χ1n) is 6.17. The molecule has 0 amide bonds. The van der Waals surface area contributed by atoms with E-state index >= 15 is 0 Å². The molecule has 1 heterocycles. The van der Waals surface area contributed by atoms with Gasteiger partial charge in [0.2, 0.25) is 0 Å². The first-order valence-corrected chi connectivity index (χ1v) is 7.41. The van der Waals surface area contributed by atoms with Crippen molar-refractivity contribution < 1.29 is 41.0 Å². The minimum Gasteiger partial charge on any atom is -0.457 e. The fourth-order valence-corrected chi connectivity index (χ4v) is 2.47. The quantitative estimate of drug-likeness (QED) is 0.222. The van der Waals surface area contributed by atoms with Gasteiger partial charge in [-0.2, -0.15) is 26.3 Å². The van der Waals surface area contributed by atoms with Crippen molar-refractivity contribution in [2.24, 2.45) is 5.92 Å². The highest BCUT2D eigenvalue weighted by Gasteiger charge is 2.76. The fraction of sp³-hybridized carbons (Fsp3) is 0.909. The van der Waals surface area contributed by atoms with E-state index in [-0.39, 0.29) is 6.04 Å². The van der Waals surface area contributed by atoms with Gasteiger partial charge in [0, 0.05) is 12.6 Å². The van der Waals surface area contributed by atoms with Crippen LogP contribution in [-0.2, 0) is 9.53 Å². The third-order valence-electron chi connectivity index (χ3n) is 3.14. The molecule has 1 aliphatic rings. The number of aliphatic hydroxyl groups is 1. The van der Waals surface area contributed by atoms with Crippen molar-refractivity contribution in [3.05, 3.63) is 0 Å². The topological polar surface area (TPSA) is 68.5 Å². The van der Waals surface area contributed by atoms with Crippen molar-refractivity contribution in [1.82, 2.24) is 5.32 Å². The van der Waals surface area contributed by atoms with Crippen LogP contribution in [0.25, 0.3) is 0 Å². The summed E-state index contributed by atoms with van der Waals surface area (Å²) in [7, 11) is 0. The Balaban J connectivity index is 3.12. The van der Waals surface area contributed by atoms with Crippen LogP contribution in [-0.4, -0.2) is 51.6 Å². The Morgan fingerprint density at radius 1 is 1.23 bits per heavy atom. The standard InChI is InChI=1S/C11H14F6INO3/c1-4(2)7(22-8(20)6(18)5-3-19-5)9(21,10(12,13)14)11(15,16)17/h4-7,19,21H,3H2,1-2H3/t5?,6-,7?/m0/s1. The predicted molar refractivity (Wildman–Crippen MR) is 71.4 cm³/mol. The second-order valence-electron chi connectivity index (χ2n) is 5.28. The number of hydrogen-bond acceptors (Lipinski definition) is 4. The lowest BCUT2D eigenvalue weighted by atomic mass is 9.87. The summed E-state index contributed by atoms with van der Waals surface area (Å²) >= 11 is 1.57. The number of carbonyl (C=O) groups excluding carboxylic acids is 1. The summed E-state index contributed by atoms with van der Waals surface area (Å²) in [5.74, 6) is -2.64. The van der Waals surface area contributed by atoms with E-state index < -0.39 is 39.9 Å². The van der Waals surface area contributed by atoms with Gasteiger partial charge in [-0.15, -0.1) is 0 Å². The molecule has 1 saturated heterocycles. The molecule has 0 aromatic rings. The lowest BCUT2D eigenvalue weighted by molar-refractivity contribution is -0.395. The Kier molecular flexibility index (Phi) is 5.66. The molecule has 0 radical (unpaired) electrons. The zero-order valence-electron chi connectivity index (χ0n) is 11.4. The maximum atomic E-state index is 12.9. The minimum absolute atomic E-state index is 0.356. The molecule has 0 bridgehead atoms. The number of alkyl halides is 7. The van der Waals surface area contributed by atoms with Crippen LogP contribution in [0.15, 0.2) is 0 Å². The van der Waals surface area contributed by atoms with Gasteiger partial charge in [0.1, 0.15) is 3.92 Å². The van der Waals surface area contributed by atoms with E-state index in [0.29, 0.717) is 6.54 Å². The zero-order valence-corrected chi connectivity index (χ0v) is 13.6. The third kappa shape index (κ3) is 3.78. The molecule has 1 aliphatic heterocycles. The molecule has 0 aromatic heterocycles. The average Bonchev–Trinajstić information content (AvgIpc) is 3.14. The highest BCUT2D eigenvalue weighted by Crippen LogP contribution is 2.48. The number of nitrogens with one attached hydrogen (secondary N) is 1. The van der Waals surface area contributed by atoms with Crippen molar-refractivity contribution >= 4 is 28.6 Å². The monoisotopic (exact) mass is 449 g/mol. The molecule has 0 spiro atoms. The number of hydrogen-bond donors (Lipinski definition) is 2. The van der Waals surface area contributed by atoms with E-state index in [0.717, 1.165) is 13.8 Å². The van der Waals surface area contributed by atoms with E-state index in [1.807, 2.05) is 0 Å². The van der Waals surface area contributed by atoms with Crippen molar-refractivity contribution in [1.29, 1.82) is 0 Å². The van der Waals surface area contributed by atoms with E-state index in [1.165, 1.54) is 0 Å². The summed E-state index contributed by atoms with van der Waals surface area (Å²) < 4.78 is 80.6. The number of rotatable bonds is 5. The third-order valence-corrected chi connectivity index (χ3v) is 4.52. The van der Waals surface area contributed by atoms with Crippen LogP contribution in [0.5, 0.6) is 0 Å². The fourth-order valence-electron chi connectivity index (χ4n) is 1.82. The van der Waals surface area contributed by atoms with Gasteiger partial charge in [0.15, 0.2) is 6.10 Å². The molecule has 0 aromatic carbocycles. The summed E-state index contributed by atoms with van der Waals surface area (Å²) in [6.45, 7) is 2.41. The van der Waals surface area contributed by atoms with Crippen molar-refractivity contribution in [2.45, 2.75) is 47.9 Å². The zero-order chi connectivity index (χ0) is 17.5. The normalized spacial score (nSPS) is 22.4. The first kappa shape index (κ1) is 19.7. The molecule has 22 heavy (non-hydrogen) atoms. The second kappa shape index (κ2) is 6.30. The van der Waals surface area contributed by atoms with E-state index in [2.05, 4.69) is 10.1 Å². The average molecular weight is 449 g/mol. The van der Waals surface area contributed by atoms with E-state index in [4.69, 9.17) is 0 Å². The van der Waals surface area contributed by atoms with Gasteiger partial charge in [0.05, 0.1) is 0 Å². The van der Waals surface area contributed by atoms with E-state index in [9.17, 15) is 36.2 Å². The largest absolute Gasteiger partial charge is 0.457 e. The molecule has 11 heteroatoms.